The molecule has 3 aromatic rings. The summed E-state index contributed by atoms with van der Waals surface area (Å²) >= 11 is 3.58. The van der Waals surface area contributed by atoms with Crippen molar-refractivity contribution in [1.82, 2.24) is 14.3 Å². The fraction of sp³-hybridized carbons (Fsp3) is 0.214. The van der Waals surface area contributed by atoms with Crippen LogP contribution in [0.3, 0.4) is 0 Å². The van der Waals surface area contributed by atoms with Crippen LogP contribution in [-0.2, 0) is 20.0 Å². The number of fused-ring (bicyclic) bond motifs is 1. The fourth-order valence-electron chi connectivity index (χ4n) is 2.23. The Morgan fingerprint density at radius 1 is 1.28 bits per heavy atom. The third-order valence-corrected chi connectivity index (χ3v) is 3.85. The van der Waals surface area contributed by atoms with E-state index in [2.05, 4.69) is 62.3 Å². The van der Waals surface area contributed by atoms with Crippen LogP contribution >= 0.6 is 15.9 Å². The zero-order chi connectivity index (χ0) is 12.5. The molecule has 0 saturated heterocycles. The first-order chi connectivity index (χ1) is 8.74. The number of hydrogen-bond acceptors (Lipinski definition) is 1. The van der Waals surface area contributed by atoms with Crippen LogP contribution in [-0.4, -0.2) is 14.3 Å². The van der Waals surface area contributed by atoms with Gasteiger partial charge in [-0.05, 0) is 30.2 Å². The van der Waals surface area contributed by atoms with Gasteiger partial charge in [0.25, 0.3) is 0 Å². The number of rotatable bonds is 3. The van der Waals surface area contributed by atoms with E-state index in [1.807, 2.05) is 17.9 Å². The third-order valence-electron chi connectivity index (χ3n) is 3.16. The monoisotopic (exact) mass is 303 g/mol. The van der Waals surface area contributed by atoms with Crippen molar-refractivity contribution in [3.05, 3.63) is 52.9 Å². The van der Waals surface area contributed by atoms with Crippen LogP contribution in [0.1, 0.15) is 5.56 Å². The molecule has 2 heterocycles. The van der Waals surface area contributed by atoms with Gasteiger partial charge in [-0.2, -0.15) is 5.10 Å². The maximum atomic E-state index is 4.19. The predicted molar refractivity (Wildman–Crippen MR) is 76.6 cm³/mol. The van der Waals surface area contributed by atoms with E-state index >= 15 is 0 Å². The molecule has 0 unspecified atom stereocenters. The Hall–Kier alpha value is -1.55. The van der Waals surface area contributed by atoms with Gasteiger partial charge in [-0.1, -0.05) is 22.0 Å². The van der Waals surface area contributed by atoms with Gasteiger partial charge in [0.05, 0.1) is 6.20 Å². The van der Waals surface area contributed by atoms with Crippen LogP contribution in [0.2, 0.25) is 0 Å². The molecule has 0 aliphatic rings. The Balaban J connectivity index is 1.85. The molecule has 0 amide bonds. The van der Waals surface area contributed by atoms with Gasteiger partial charge < -0.3 is 4.57 Å². The second-order valence-corrected chi connectivity index (χ2v) is 5.31. The Labute approximate surface area is 114 Å². The van der Waals surface area contributed by atoms with Gasteiger partial charge in [-0.25, -0.2) is 0 Å². The van der Waals surface area contributed by atoms with Crippen LogP contribution in [0.5, 0.6) is 0 Å². The van der Waals surface area contributed by atoms with Crippen molar-refractivity contribution in [2.24, 2.45) is 7.05 Å². The Morgan fingerprint density at radius 2 is 2.17 bits per heavy atom. The number of nitrogens with zero attached hydrogens (tertiary/aromatic N) is 3. The van der Waals surface area contributed by atoms with Crippen molar-refractivity contribution < 1.29 is 0 Å². The minimum Gasteiger partial charge on any atom is -0.347 e. The highest BCUT2D eigenvalue weighted by Gasteiger charge is 2.04. The van der Waals surface area contributed by atoms with Crippen LogP contribution in [0.15, 0.2) is 47.3 Å². The minimum absolute atomic E-state index is 0.978. The summed E-state index contributed by atoms with van der Waals surface area (Å²) in [5.41, 5.74) is 2.54. The Bertz CT molecular complexity index is 681. The van der Waals surface area contributed by atoms with E-state index in [0.29, 0.717) is 0 Å². The lowest BCUT2D eigenvalue weighted by molar-refractivity contribution is 0.720. The molecule has 92 valence electrons. The summed E-state index contributed by atoms with van der Waals surface area (Å²) in [6.07, 6.45) is 7.15. The molecule has 4 heteroatoms. The van der Waals surface area contributed by atoms with Gasteiger partial charge in [-0.15, -0.1) is 0 Å². The Morgan fingerprint density at radius 3 is 2.94 bits per heavy atom. The molecule has 2 aromatic heterocycles. The standard InChI is InChI=1S/C14H14BrN3/c1-17-10-11(9-16-17)5-7-18-8-6-12-13(15)3-2-4-14(12)18/h2-4,6,8-10H,5,7H2,1H3. The van der Waals surface area contributed by atoms with E-state index < -0.39 is 0 Å². The lowest BCUT2D eigenvalue weighted by Crippen LogP contribution is -1.99. The molecule has 0 N–H and O–H groups in total. The highest BCUT2D eigenvalue weighted by Crippen LogP contribution is 2.24. The molecule has 18 heavy (non-hydrogen) atoms. The molecule has 1 aromatic carbocycles. The van der Waals surface area contributed by atoms with Gasteiger partial charge in [0.2, 0.25) is 0 Å². The van der Waals surface area contributed by atoms with Gasteiger partial charge in [-0.3, -0.25) is 4.68 Å². The number of hydrogen-bond donors (Lipinski definition) is 0. The quantitative estimate of drug-likeness (QED) is 0.727. The molecule has 3 nitrogen and oxygen atoms in total. The van der Waals surface area contributed by atoms with E-state index in [0.717, 1.165) is 17.4 Å². The van der Waals surface area contributed by atoms with Gasteiger partial charge in [0.15, 0.2) is 0 Å². The first kappa shape index (κ1) is 11.5. The molecular weight excluding hydrogens is 290 g/mol. The minimum atomic E-state index is 0.978. The topological polar surface area (TPSA) is 22.8 Å². The van der Waals surface area contributed by atoms with Crippen LogP contribution in [0.25, 0.3) is 10.9 Å². The van der Waals surface area contributed by atoms with Crippen LogP contribution in [0, 0.1) is 0 Å². The fourth-order valence-corrected chi connectivity index (χ4v) is 2.72. The van der Waals surface area contributed by atoms with E-state index in [-0.39, 0.29) is 0 Å². The van der Waals surface area contributed by atoms with Crippen molar-refractivity contribution >= 4 is 26.8 Å². The molecule has 0 spiro atoms. The summed E-state index contributed by atoms with van der Waals surface area (Å²) in [7, 11) is 1.95. The summed E-state index contributed by atoms with van der Waals surface area (Å²) in [6, 6.07) is 8.47. The zero-order valence-electron chi connectivity index (χ0n) is 10.2. The number of aryl methyl sites for hydroxylation is 3. The SMILES string of the molecule is Cn1cc(CCn2ccc3c(Br)cccc32)cn1. The third kappa shape index (κ3) is 2.08. The van der Waals surface area contributed by atoms with Gasteiger partial charge >= 0.3 is 0 Å². The molecule has 0 saturated carbocycles. The molecule has 0 atom stereocenters. The molecule has 0 aliphatic carbocycles. The number of benzene rings is 1. The van der Waals surface area contributed by atoms with E-state index in [1.54, 1.807) is 0 Å². The highest BCUT2D eigenvalue weighted by molar-refractivity contribution is 9.10. The largest absolute Gasteiger partial charge is 0.347 e. The lowest BCUT2D eigenvalue weighted by atomic mass is 10.2. The first-order valence-electron chi connectivity index (χ1n) is 5.95. The predicted octanol–water partition coefficient (Wildman–Crippen LogP) is 3.38. The summed E-state index contributed by atoms with van der Waals surface area (Å²) in [4.78, 5) is 0. The summed E-state index contributed by atoms with van der Waals surface area (Å²) < 4.78 is 5.28. The molecule has 0 bridgehead atoms. The first-order valence-corrected chi connectivity index (χ1v) is 6.74. The van der Waals surface area contributed by atoms with Gasteiger partial charge in [0.1, 0.15) is 0 Å². The average Bonchev–Trinajstić information content (AvgIpc) is 2.94. The van der Waals surface area contributed by atoms with Crippen molar-refractivity contribution in [2.45, 2.75) is 13.0 Å². The zero-order valence-corrected chi connectivity index (χ0v) is 11.8. The smallest absolute Gasteiger partial charge is 0.0522 e. The molecule has 0 fully saturated rings. The van der Waals surface area contributed by atoms with Gasteiger partial charge in [0, 0.05) is 41.4 Å². The van der Waals surface area contributed by atoms with E-state index in [9.17, 15) is 0 Å². The normalized spacial score (nSPS) is 11.2. The van der Waals surface area contributed by atoms with E-state index in [1.165, 1.54) is 16.5 Å². The average molecular weight is 304 g/mol. The number of halogens is 1. The maximum absolute atomic E-state index is 4.19. The summed E-state index contributed by atoms with van der Waals surface area (Å²) in [5.74, 6) is 0. The molecule has 3 rings (SSSR count). The van der Waals surface area contributed by atoms with Crippen molar-refractivity contribution in [2.75, 3.05) is 0 Å². The van der Waals surface area contributed by atoms with Crippen LogP contribution in [0.4, 0.5) is 0 Å². The van der Waals surface area contributed by atoms with Crippen molar-refractivity contribution in [1.29, 1.82) is 0 Å². The molecular formula is C14H14BrN3. The highest BCUT2D eigenvalue weighted by atomic mass is 79.9. The second-order valence-electron chi connectivity index (χ2n) is 4.45. The van der Waals surface area contributed by atoms with Crippen molar-refractivity contribution in [3.8, 4) is 0 Å². The maximum Gasteiger partial charge on any atom is 0.0522 e. The second kappa shape index (κ2) is 4.61. The lowest BCUT2D eigenvalue weighted by Gasteiger charge is -2.04. The number of aromatic nitrogens is 3. The van der Waals surface area contributed by atoms with E-state index in [4.69, 9.17) is 0 Å². The summed E-state index contributed by atoms with van der Waals surface area (Å²) in [6.45, 7) is 0.978. The van der Waals surface area contributed by atoms with Crippen molar-refractivity contribution in [3.63, 3.8) is 0 Å². The van der Waals surface area contributed by atoms with Crippen LogP contribution < -0.4 is 0 Å². The summed E-state index contributed by atoms with van der Waals surface area (Å²) in [5, 5.41) is 5.46. The molecule has 0 aliphatic heterocycles. The Kier molecular flexibility index (Phi) is 2.96. The molecule has 0 radical (unpaired) electrons.